The molecule has 0 bridgehead atoms. The molecular formula is C25H19Cl2NO2. The van der Waals surface area contributed by atoms with Crippen molar-refractivity contribution in [3.63, 3.8) is 0 Å². The van der Waals surface area contributed by atoms with Crippen LogP contribution in [0.4, 0.5) is 0 Å². The zero-order valence-corrected chi connectivity index (χ0v) is 18.3. The van der Waals surface area contributed by atoms with Gasteiger partial charge in [0.25, 0.3) is 0 Å². The van der Waals surface area contributed by atoms with Crippen LogP contribution in [0, 0.1) is 20.8 Å². The number of esters is 1. The number of halogens is 2. The van der Waals surface area contributed by atoms with Gasteiger partial charge in [-0.2, -0.15) is 0 Å². The van der Waals surface area contributed by atoms with Crippen LogP contribution in [0.25, 0.3) is 22.2 Å². The highest BCUT2D eigenvalue weighted by molar-refractivity contribution is 6.32. The Labute approximate surface area is 185 Å². The molecule has 0 aliphatic rings. The molecule has 4 aromatic rings. The second-order valence-electron chi connectivity index (χ2n) is 7.27. The Morgan fingerprint density at radius 1 is 0.933 bits per heavy atom. The maximum absolute atomic E-state index is 13.3. The Hall–Kier alpha value is -2.88. The molecule has 1 aromatic heterocycles. The van der Waals surface area contributed by atoms with Gasteiger partial charge in [-0.1, -0.05) is 59.1 Å². The van der Waals surface area contributed by atoms with E-state index in [4.69, 9.17) is 32.9 Å². The van der Waals surface area contributed by atoms with E-state index in [2.05, 4.69) is 6.07 Å². The van der Waals surface area contributed by atoms with Crippen molar-refractivity contribution in [1.82, 2.24) is 4.98 Å². The van der Waals surface area contributed by atoms with E-state index in [9.17, 15) is 4.79 Å². The largest absolute Gasteiger partial charge is 0.421 e. The fourth-order valence-electron chi connectivity index (χ4n) is 3.65. The van der Waals surface area contributed by atoms with Crippen LogP contribution in [-0.4, -0.2) is 11.0 Å². The zero-order chi connectivity index (χ0) is 21.4. The van der Waals surface area contributed by atoms with E-state index < -0.39 is 5.97 Å². The summed E-state index contributed by atoms with van der Waals surface area (Å²) in [6.45, 7) is 5.88. The number of para-hydroxylation sites is 1. The molecule has 0 fully saturated rings. The van der Waals surface area contributed by atoms with E-state index >= 15 is 0 Å². The SMILES string of the molecule is Cc1cc(C)c2nc(-c3ccc(Cl)cc3)c(C)c(C(=O)Oc3ccccc3Cl)c2c1. The number of carbonyl (C=O) groups excluding carboxylic acids is 1. The molecule has 0 saturated heterocycles. The molecule has 30 heavy (non-hydrogen) atoms. The molecule has 0 aliphatic heterocycles. The number of pyridine rings is 1. The molecule has 0 N–H and O–H groups in total. The first-order chi connectivity index (χ1) is 14.3. The molecule has 3 nitrogen and oxygen atoms in total. The van der Waals surface area contributed by atoms with Gasteiger partial charge in [0, 0.05) is 16.0 Å². The van der Waals surface area contributed by atoms with Gasteiger partial charge in [0.2, 0.25) is 0 Å². The van der Waals surface area contributed by atoms with Crippen molar-refractivity contribution in [2.75, 3.05) is 0 Å². The van der Waals surface area contributed by atoms with Crippen LogP contribution in [-0.2, 0) is 0 Å². The Balaban J connectivity index is 1.96. The first kappa shape index (κ1) is 20.4. The van der Waals surface area contributed by atoms with E-state index in [1.165, 1.54) is 0 Å². The average molecular weight is 436 g/mol. The summed E-state index contributed by atoms with van der Waals surface area (Å²) < 4.78 is 5.69. The van der Waals surface area contributed by atoms with Gasteiger partial charge in [-0.15, -0.1) is 0 Å². The third-order valence-corrected chi connectivity index (χ3v) is 5.59. The molecule has 3 aromatic carbocycles. The van der Waals surface area contributed by atoms with Crippen LogP contribution in [0.2, 0.25) is 10.0 Å². The lowest BCUT2D eigenvalue weighted by Crippen LogP contribution is -2.13. The van der Waals surface area contributed by atoms with E-state index in [1.54, 1.807) is 24.3 Å². The number of benzene rings is 3. The van der Waals surface area contributed by atoms with Crippen molar-refractivity contribution in [3.05, 3.63) is 93.0 Å². The van der Waals surface area contributed by atoms with Crippen molar-refractivity contribution in [3.8, 4) is 17.0 Å². The molecular weight excluding hydrogens is 417 g/mol. The number of fused-ring (bicyclic) bond motifs is 1. The number of aryl methyl sites for hydroxylation is 2. The smallest absolute Gasteiger partial charge is 0.344 e. The summed E-state index contributed by atoms with van der Waals surface area (Å²) >= 11 is 12.3. The number of aromatic nitrogens is 1. The molecule has 0 radical (unpaired) electrons. The van der Waals surface area contributed by atoms with Gasteiger partial charge in [0.05, 0.1) is 21.8 Å². The monoisotopic (exact) mass is 435 g/mol. The number of hydrogen-bond acceptors (Lipinski definition) is 3. The summed E-state index contributed by atoms with van der Waals surface area (Å²) in [6, 6.07) is 18.4. The van der Waals surface area contributed by atoms with Gasteiger partial charge in [0.1, 0.15) is 5.75 Å². The first-order valence-electron chi connectivity index (χ1n) is 9.49. The van der Waals surface area contributed by atoms with Gasteiger partial charge in [-0.05, 0) is 62.2 Å². The summed E-state index contributed by atoms with van der Waals surface area (Å²) in [6.07, 6.45) is 0. The van der Waals surface area contributed by atoms with Crippen LogP contribution >= 0.6 is 23.2 Å². The van der Waals surface area contributed by atoms with Crippen LogP contribution < -0.4 is 4.74 Å². The first-order valence-corrected chi connectivity index (χ1v) is 10.2. The minimum Gasteiger partial charge on any atom is -0.421 e. The Kier molecular flexibility index (Phi) is 5.50. The van der Waals surface area contributed by atoms with E-state index in [0.717, 1.165) is 38.9 Å². The molecule has 0 aliphatic carbocycles. The lowest BCUT2D eigenvalue weighted by Gasteiger charge is -2.16. The van der Waals surface area contributed by atoms with Crippen molar-refractivity contribution >= 4 is 40.1 Å². The van der Waals surface area contributed by atoms with Crippen LogP contribution in [0.3, 0.4) is 0 Å². The van der Waals surface area contributed by atoms with Crippen molar-refractivity contribution in [2.45, 2.75) is 20.8 Å². The van der Waals surface area contributed by atoms with Gasteiger partial charge in [0.15, 0.2) is 0 Å². The van der Waals surface area contributed by atoms with Crippen molar-refractivity contribution in [2.24, 2.45) is 0 Å². The molecule has 1 heterocycles. The lowest BCUT2D eigenvalue weighted by atomic mass is 9.95. The Morgan fingerprint density at radius 2 is 1.63 bits per heavy atom. The quantitative estimate of drug-likeness (QED) is 0.249. The molecule has 150 valence electrons. The normalized spacial score (nSPS) is 11.0. The maximum Gasteiger partial charge on any atom is 0.344 e. The molecule has 4 rings (SSSR count). The molecule has 0 saturated carbocycles. The van der Waals surface area contributed by atoms with Gasteiger partial charge in [-0.3, -0.25) is 0 Å². The topological polar surface area (TPSA) is 39.2 Å². The van der Waals surface area contributed by atoms with Crippen molar-refractivity contribution < 1.29 is 9.53 Å². The van der Waals surface area contributed by atoms with Gasteiger partial charge in [-0.25, -0.2) is 9.78 Å². The summed E-state index contributed by atoms with van der Waals surface area (Å²) in [5.74, 6) is -0.140. The highest BCUT2D eigenvalue weighted by Gasteiger charge is 2.22. The standard InChI is InChI=1S/C25H19Cl2NO2/c1-14-12-15(2)23-19(13-14)22(25(29)30-21-7-5-4-6-20(21)27)16(3)24(28-23)17-8-10-18(26)11-9-17/h4-13H,1-3H3. The van der Waals surface area contributed by atoms with Gasteiger partial charge >= 0.3 is 5.97 Å². The van der Waals surface area contributed by atoms with Gasteiger partial charge < -0.3 is 4.74 Å². The number of nitrogens with zero attached hydrogens (tertiary/aromatic N) is 1. The summed E-state index contributed by atoms with van der Waals surface area (Å²) in [7, 11) is 0. The summed E-state index contributed by atoms with van der Waals surface area (Å²) in [5.41, 5.74) is 5.63. The minimum atomic E-state index is -0.465. The highest BCUT2D eigenvalue weighted by Crippen LogP contribution is 2.34. The second kappa shape index (κ2) is 8.10. The molecule has 0 unspecified atom stereocenters. The van der Waals surface area contributed by atoms with Crippen LogP contribution in [0.15, 0.2) is 60.7 Å². The van der Waals surface area contributed by atoms with Crippen LogP contribution in [0.5, 0.6) is 5.75 Å². The summed E-state index contributed by atoms with van der Waals surface area (Å²) in [5, 5.41) is 1.79. The van der Waals surface area contributed by atoms with E-state index in [-0.39, 0.29) is 0 Å². The predicted octanol–water partition coefficient (Wildman–Crippen LogP) is 7.35. The second-order valence-corrected chi connectivity index (χ2v) is 8.11. The number of ether oxygens (including phenoxy) is 1. The lowest BCUT2D eigenvalue weighted by molar-refractivity contribution is 0.0736. The van der Waals surface area contributed by atoms with E-state index in [1.807, 2.05) is 51.1 Å². The molecule has 0 spiro atoms. The molecule has 0 amide bonds. The number of hydrogen-bond donors (Lipinski definition) is 0. The fourth-order valence-corrected chi connectivity index (χ4v) is 3.95. The Morgan fingerprint density at radius 3 is 2.33 bits per heavy atom. The maximum atomic E-state index is 13.3. The average Bonchev–Trinajstić information content (AvgIpc) is 2.70. The minimum absolute atomic E-state index is 0.325. The van der Waals surface area contributed by atoms with Crippen LogP contribution in [0.1, 0.15) is 27.0 Å². The predicted molar refractivity (Wildman–Crippen MR) is 123 cm³/mol. The fraction of sp³-hybridized carbons (Fsp3) is 0.120. The highest BCUT2D eigenvalue weighted by atomic mass is 35.5. The third kappa shape index (κ3) is 3.79. The summed E-state index contributed by atoms with van der Waals surface area (Å²) in [4.78, 5) is 18.2. The number of carbonyl (C=O) groups is 1. The van der Waals surface area contributed by atoms with E-state index in [0.29, 0.717) is 21.4 Å². The zero-order valence-electron chi connectivity index (χ0n) is 16.8. The third-order valence-electron chi connectivity index (χ3n) is 5.03. The number of rotatable bonds is 3. The molecule has 0 atom stereocenters. The van der Waals surface area contributed by atoms with Crippen molar-refractivity contribution in [1.29, 1.82) is 0 Å². The Bertz CT molecular complexity index is 1280. The molecule has 5 heteroatoms.